The summed E-state index contributed by atoms with van der Waals surface area (Å²) in [6, 6.07) is 4.90. The van der Waals surface area contributed by atoms with Gasteiger partial charge in [-0.15, -0.1) is 0 Å². The first-order chi connectivity index (χ1) is 10.8. The Morgan fingerprint density at radius 3 is 2.65 bits per heavy atom. The average Bonchev–Trinajstić information content (AvgIpc) is 2.50. The molecular weight excluding hydrogens is 309 g/mol. The molecule has 124 valence electrons. The smallest absolute Gasteiger partial charge is 0.399 e. The zero-order valence-corrected chi connectivity index (χ0v) is 12.4. The Morgan fingerprint density at radius 2 is 1.96 bits per heavy atom. The summed E-state index contributed by atoms with van der Waals surface area (Å²) >= 11 is 0. The van der Waals surface area contributed by atoms with Crippen molar-refractivity contribution in [3.05, 3.63) is 29.3 Å². The van der Waals surface area contributed by atoms with E-state index in [-0.39, 0.29) is 19.4 Å². The number of hydrogen-bond acceptors (Lipinski definition) is 3. The maximum atomic E-state index is 13.0. The van der Waals surface area contributed by atoms with E-state index in [0.29, 0.717) is 30.5 Å². The lowest BCUT2D eigenvalue weighted by Gasteiger charge is -2.48. The van der Waals surface area contributed by atoms with Crippen LogP contribution in [-0.2, 0) is 11.2 Å². The number of Topliss-reactive ketones (excluding diaryl/α,β-unsaturated/α-hetero) is 1. The molecule has 2 aliphatic rings. The van der Waals surface area contributed by atoms with Crippen LogP contribution in [0.4, 0.5) is 18.9 Å². The van der Waals surface area contributed by atoms with E-state index in [0.717, 1.165) is 10.5 Å². The van der Waals surface area contributed by atoms with Crippen LogP contribution in [0, 0.1) is 0 Å². The number of ketones is 1. The van der Waals surface area contributed by atoms with E-state index in [1.807, 2.05) is 0 Å². The maximum absolute atomic E-state index is 13.0. The number of carbonyl (C=O) groups excluding carboxylic acids is 2. The molecular formula is C16H17F3N2O2. The second kappa shape index (κ2) is 5.25. The van der Waals surface area contributed by atoms with Crippen molar-refractivity contribution in [1.82, 2.24) is 4.90 Å². The lowest BCUT2D eigenvalue weighted by molar-refractivity contribution is -0.192. The monoisotopic (exact) mass is 326 g/mol. The Morgan fingerprint density at radius 1 is 1.22 bits per heavy atom. The first-order valence-electron chi connectivity index (χ1n) is 7.58. The van der Waals surface area contributed by atoms with Crippen molar-refractivity contribution >= 4 is 17.4 Å². The Bertz CT molecular complexity index is 672. The van der Waals surface area contributed by atoms with Crippen LogP contribution in [0.3, 0.4) is 0 Å². The molecule has 0 radical (unpaired) electrons. The molecule has 1 aliphatic heterocycles. The van der Waals surface area contributed by atoms with Crippen molar-refractivity contribution in [3.63, 3.8) is 0 Å². The highest BCUT2D eigenvalue weighted by Gasteiger charge is 2.55. The molecule has 1 atom stereocenters. The van der Waals surface area contributed by atoms with E-state index in [1.165, 1.54) is 6.07 Å². The summed E-state index contributed by atoms with van der Waals surface area (Å²) in [4.78, 5) is 25.6. The molecule has 2 N–H and O–H groups in total. The van der Waals surface area contributed by atoms with Gasteiger partial charge >= 0.3 is 12.1 Å². The molecule has 3 rings (SSSR count). The summed E-state index contributed by atoms with van der Waals surface area (Å²) in [5, 5.41) is 0. The fraction of sp³-hybridized carbons (Fsp3) is 0.500. The highest BCUT2D eigenvalue weighted by molar-refractivity contribution is 6.08. The quantitative estimate of drug-likeness (QED) is 0.746. The van der Waals surface area contributed by atoms with E-state index in [4.69, 9.17) is 5.73 Å². The van der Waals surface area contributed by atoms with Gasteiger partial charge < -0.3 is 10.6 Å². The largest absolute Gasteiger partial charge is 0.471 e. The molecule has 7 heteroatoms. The molecule has 23 heavy (non-hydrogen) atoms. The highest BCUT2D eigenvalue weighted by atomic mass is 19.4. The summed E-state index contributed by atoms with van der Waals surface area (Å²) in [6.45, 7) is -0.0399. The van der Waals surface area contributed by atoms with Gasteiger partial charge in [-0.3, -0.25) is 9.59 Å². The molecule has 1 fully saturated rings. The van der Waals surface area contributed by atoms with Crippen molar-refractivity contribution in [2.45, 2.75) is 43.8 Å². The van der Waals surface area contributed by atoms with Gasteiger partial charge in [0.2, 0.25) is 0 Å². The molecule has 1 aliphatic carbocycles. The molecule has 0 saturated carbocycles. The standard InChI is InChI=1S/C16H17F3N2O2/c17-16(18,19)14(23)21-8-2-1-6-15(21)7-5-10-3-4-11(20)9-12(10)13(15)22/h3-4,9H,1-2,5-8,20H2. The van der Waals surface area contributed by atoms with Crippen molar-refractivity contribution in [2.24, 2.45) is 0 Å². The van der Waals surface area contributed by atoms with Crippen LogP contribution in [0.1, 0.15) is 41.6 Å². The fourth-order valence-corrected chi connectivity index (χ4v) is 3.71. The zero-order valence-electron chi connectivity index (χ0n) is 12.4. The van der Waals surface area contributed by atoms with Gasteiger partial charge in [0.25, 0.3) is 0 Å². The third kappa shape index (κ3) is 2.48. The van der Waals surface area contributed by atoms with E-state index in [2.05, 4.69) is 0 Å². The van der Waals surface area contributed by atoms with Gasteiger partial charge in [-0.05, 0) is 49.8 Å². The number of benzene rings is 1. The summed E-state index contributed by atoms with van der Waals surface area (Å²) in [7, 11) is 0. The average molecular weight is 326 g/mol. The molecule has 1 aromatic rings. The predicted octanol–water partition coefficient (Wildman–Crippen LogP) is 2.71. The summed E-state index contributed by atoms with van der Waals surface area (Å²) in [5.74, 6) is -2.33. The third-order valence-electron chi connectivity index (χ3n) is 4.84. The fourth-order valence-electron chi connectivity index (χ4n) is 3.71. The number of rotatable bonds is 0. The van der Waals surface area contributed by atoms with Gasteiger partial charge in [0.05, 0.1) is 0 Å². The Hall–Kier alpha value is -2.05. The molecule has 0 bridgehead atoms. The number of likely N-dealkylation sites (tertiary alicyclic amines) is 1. The first-order valence-corrected chi connectivity index (χ1v) is 7.58. The molecule has 1 unspecified atom stereocenters. The van der Waals surface area contributed by atoms with E-state index < -0.39 is 23.4 Å². The molecule has 4 nitrogen and oxygen atoms in total. The number of piperidine rings is 1. The van der Waals surface area contributed by atoms with Gasteiger partial charge in [-0.2, -0.15) is 13.2 Å². The van der Waals surface area contributed by atoms with Crippen molar-refractivity contribution < 1.29 is 22.8 Å². The normalized spacial score (nSPS) is 24.7. The van der Waals surface area contributed by atoms with Crippen LogP contribution in [0.5, 0.6) is 0 Å². The van der Waals surface area contributed by atoms with Gasteiger partial charge in [-0.1, -0.05) is 6.07 Å². The minimum atomic E-state index is -4.97. The third-order valence-corrected chi connectivity index (χ3v) is 4.84. The van der Waals surface area contributed by atoms with E-state index in [9.17, 15) is 22.8 Å². The Kier molecular flexibility index (Phi) is 3.61. The molecule has 1 spiro atoms. The summed E-state index contributed by atoms with van der Waals surface area (Å²) in [5.41, 5.74) is 5.84. The minimum Gasteiger partial charge on any atom is -0.399 e. The number of carbonyl (C=O) groups is 2. The number of nitrogens with two attached hydrogens (primary N) is 1. The number of halogens is 3. The SMILES string of the molecule is Nc1ccc2c(c1)C(=O)C1(CCCCN1C(=O)C(F)(F)F)CC2. The number of nitrogen functional groups attached to an aromatic ring is 1. The maximum Gasteiger partial charge on any atom is 0.471 e. The van der Waals surface area contributed by atoms with Crippen LogP contribution in [-0.4, -0.2) is 34.9 Å². The lowest BCUT2D eigenvalue weighted by atomic mass is 9.71. The molecule has 1 aromatic carbocycles. The van der Waals surface area contributed by atoms with E-state index in [1.54, 1.807) is 12.1 Å². The van der Waals surface area contributed by atoms with Crippen molar-refractivity contribution in [3.8, 4) is 0 Å². The lowest BCUT2D eigenvalue weighted by Crippen LogP contribution is -2.63. The van der Waals surface area contributed by atoms with Crippen molar-refractivity contribution in [2.75, 3.05) is 12.3 Å². The van der Waals surface area contributed by atoms with Crippen LogP contribution in [0.15, 0.2) is 18.2 Å². The van der Waals surface area contributed by atoms with Crippen LogP contribution in [0.25, 0.3) is 0 Å². The number of nitrogens with zero attached hydrogens (tertiary/aromatic N) is 1. The van der Waals surface area contributed by atoms with Crippen LogP contribution < -0.4 is 5.73 Å². The highest BCUT2D eigenvalue weighted by Crippen LogP contribution is 2.42. The second-order valence-electron chi connectivity index (χ2n) is 6.19. The zero-order chi connectivity index (χ0) is 16.8. The minimum absolute atomic E-state index is 0.0399. The molecule has 1 amide bonds. The summed E-state index contributed by atoms with van der Waals surface area (Å²) < 4.78 is 38.8. The number of amides is 1. The van der Waals surface area contributed by atoms with Crippen LogP contribution >= 0.6 is 0 Å². The van der Waals surface area contributed by atoms with E-state index >= 15 is 0 Å². The van der Waals surface area contributed by atoms with Gasteiger partial charge in [0, 0.05) is 17.8 Å². The van der Waals surface area contributed by atoms with Gasteiger partial charge in [-0.25, -0.2) is 0 Å². The first kappa shape index (κ1) is 15.8. The summed E-state index contributed by atoms with van der Waals surface area (Å²) in [6.07, 6.45) is -2.91. The predicted molar refractivity (Wildman–Crippen MR) is 77.9 cm³/mol. The number of fused-ring (bicyclic) bond motifs is 1. The topological polar surface area (TPSA) is 63.4 Å². The Balaban J connectivity index is 2.05. The molecule has 1 heterocycles. The number of hydrogen-bond donors (Lipinski definition) is 1. The number of aryl methyl sites for hydroxylation is 1. The van der Waals surface area contributed by atoms with Gasteiger partial charge in [0.15, 0.2) is 5.78 Å². The number of alkyl halides is 3. The second-order valence-corrected chi connectivity index (χ2v) is 6.19. The van der Waals surface area contributed by atoms with Crippen LogP contribution in [0.2, 0.25) is 0 Å². The van der Waals surface area contributed by atoms with Crippen molar-refractivity contribution in [1.29, 1.82) is 0 Å². The van der Waals surface area contributed by atoms with Gasteiger partial charge in [0.1, 0.15) is 5.54 Å². The number of anilines is 1. The molecule has 1 saturated heterocycles. The Labute approximate surface area is 131 Å². The molecule has 0 aromatic heterocycles.